The number of carbonyl (C=O) groups excluding carboxylic acids is 1. The summed E-state index contributed by atoms with van der Waals surface area (Å²) >= 11 is 5.97. The molecule has 1 fully saturated rings. The number of alkyl halides is 1. The highest BCUT2D eigenvalue weighted by atomic mass is 35.5. The molecule has 2 heterocycles. The Balaban J connectivity index is 2.16. The minimum Gasteiger partial charge on any atom is -0.334 e. The van der Waals surface area contributed by atoms with Gasteiger partial charge in [0.1, 0.15) is 0 Å². The molecule has 1 atom stereocenters. The number of amides is 1. The van der Waals surface area contributed by atoms with E-state index >= 15 is 0 Å². The van der Waals surface area contributed by atoms with E-state index < -0.39 is 0 Å². The van der Waals surface area contributed by atoms with Gasteiger partial charge in [0.25, 0.3) is 5.91 Å². The molecule has 1 aliphatic heterocycles. The van der Waals surface area contributed by atoms with E-state index in [4.69, 9.17) is 11.6 Å². The molecule has 0 aliphatic carbocycles. The summed E-state index contributed by atoms with van der Waals surface area (Å²) in [5.74, 6) is 0.608. The molecule has 92 valence electrons. The molecule has 0 N–H and O–H groups in total. The van der Waals surface area contributed by atoms with Crippen LogP contribution < -0.4 is 0 Å². The molecule has 3 nitrogen and oxygen atoms in total. The zero-order valence-corrected chi connectivity index (χ0v) is 10.6. The second kappa shape index (κ2) is 6.01. The lowest BCUT2D eigenvalue weighted by Gasteiger charge is -2.28. The quantitative estimate of drug-likeness (QED) is 0.759. The van der Waals surface area contributed by atoms with E-state index in [-0.39, 0.29) is 11.9 Å². The van der Waals surface area contributed by atoms with Gasteiger partial charge in [0.15, 0.2) is 0 Å². The molecular weight excluding hydrogens is 236 g/mol. The van der Waals surface area contributed by atoms with E-state index in [1.165, 1.54) is 6.42 Å². The number of pyridine rings is 1. The van der Waals surface area contributed by atoms with Crippen LogP contribution >= 0.6 is 11.6 Å². The Morgan fingerprint density at radius 2 is 2.12 bits per heavy atom. The summed E-state index contributed by atoms with van der Waals surface area (Å²) < 4.78 is 0. The van der Waals surface area contributed by atoms with E-state index in [1.54, 1.807) is 24.5 Å². The molecule has 1 saturated heterocycles. The number of nitrogens with zero attached hydrogens (tertiary/aromatic N) is 2. The largest absolute Gasteiger partial charge is 0.334 e. The Bertz CT molecular complexity index is 369. The maximum absolute atomic E-state index is 12.4. The molecule has 1 aromatic rings. The highest BCUT2D eigenvalue weighted by Crippen LogP contribution is 2.20. The van der Waals surface area contributed by atoms with Gasteiger partial charge in [-0.15, -0.1) is 11.6 Å². The van der Waals surface area contributed by atoms with Crippen LogP contribution in [0.2, 0.25) is 0 Å². The first-order chi connectivity index (χ1) is 8.33. The van der Waals surface area contributed by atoms with Crippen LogP contribution in [0.1, 0.15) is 36.0 Å². The molecule has 0 bridgehead atoms. The fraction of sp³-hybridized carbons (Fsp3) is 0.538. The average Bonchev–Trinajstić information content (AvgIpc) is 2.64. The summed E-state index contributed by atoms with van der Waals surface area (Å²) in [6, 6.07) is 3.71. The van der Waals surface area contributed by atoms with Gasteiger partial charge >= 0.3 is 0 Å². The van der Waals surface area contributed by atoms with Crippen molar-refractivity contribution in [3.8, 4) is 0 Å². The van der Waals surface area contributed by atoms with E-state index in [0.29, 0.717) is 11.4 Å². The van der Waals surface area contributed by atoms with Crippen LogP contribution in [0, 0.1) is 0 Å². The lowest BCUT2D eigenvalue weighted by molar-refractivity contribution is 0.0700. The third-order valence-electron chi connectivity index (χ3n) is 3.24. The van der Waals surface area contributed by atoms with Crippen LogP contribution in [0.4, 0.5) is 0 Å². The fourth-order valence-corrected chi connectivity index (χ4v) is 2.59. The maximum atomic E-state index is 12.4. The van der Waals surface area contributed by atoms with Crippen molar-refractivity contribution in [3.05, 3.63) is 30.1 Å². The molecule has 0 saturated carbocycles. The van der Waals surface area contributed by atoms with E-state index in [0.717, 1.165) is 25.8 Å². The average molecular weight is 253 g/mol. The number of aromatic nitrogens is 1. The first-order valence-corrected chi connectivity index (χ1v) is 6.63. The Morgan fingerprint density at radius 1 is 1.35 bits per heavy atom. The Hall–Kier alpha value is -1.09. The normalized spacial score (nSPS) is 21.0. The van der Waals surface area contributed by atoms with Crippen LogP contribution in [-0.2, 0) is 0 Å². The van der Waals surface area contributed by atoms with Crippen LogP contribution in [0.25, 0.3) is 0 Å². The minimum absolute atomic E-state index is 0.0833. The molecule has 0 aromatic carbocycles. The second-order valence-electron chi connectivity index (χ2n) is 4.39. The molecule has 1 unspecified atom stereocenters. The van der Waals surface area contributed by atoms with Gasteiger partial charge in [0.2, 0.25) is 0 Å². The number of halogens is 1. The Morgan fingerprint density at radius 3 is 2.82 bits per heavy atom. The molecular formula is C13H17ClN2O. The summed E-state index contributed by atoms with van der Waals surface area (Å²) in [6.45, 7) is 0.818. The van der Waals surface area contributed by atoms with Crippen molar-refractivity contribution < 1.29 is 4.79 Å². The SMILES string of the molecule is O=C(c1ccncc1)N1CCCCCC1CCl. The number of rotatable bonds is 2. The van der Waals surface area contributed by atoms with Crippen LogP contribution in [0.5, 0.6) is 0 Å². The topological polar surface area (TPSA) is 33.2 Å². The third kappa shape index (κ3) is 2.97. The molecule has 1 aromatic heterocycles. The van der Waals surface area contributed by atoms with Crippen molar-refractivity contribution in [1.29, 1.82) is 0 Å². The van der Waals surface area contributed by atoms with Crippen molar-refractivity contribution in [2.24, 2.45) is 0 Å². The predicted octanol–water partition coefficient (Wildman–Crippen LogP) is 2.71. The highest BCUT2D eigenvalue weighted by Gasteiger charge is 2.25. The first kappa shape index (κ1) is 12.4. The Kier molecular flexibility index (Phi) is 4.37. The van der Waals surface area contributed by atoms with Crippen molar-refractivity contribution in [2.75, 3.05) is 12.4 Å². The number of hydrogen-bond acceptors (Lipinski definition) is 2. The smallest absolute Gasteiger partial charge is 0.254 e. The molecule has 1 aliphatic rings. The first-order valence-electron chi connectivity index (χ1n) is 6.10. The molecule has 0 radical (unpaired) electrons. The zero-order chi connectivity index (χ0) is 12.1. The lowest BCUT2D eigenvalue weighted by atomic mass is 10.1. The summed E-state index contributed by atoms with van der Waals surface area (Å²) in [5.41, 5.74) is 0.706. The van der Waals surface area contributed by atoms with Gasteiger partial charge in [-0.25, -0.2) is 0 Å². The molecule has 4 heteroatoms. The van der Waals surface area contributed by atoms with E-state index in [1.807, 2.05) is 4.90 Å². The van der Waals surface area contributed by atoms with Crippen LogP contribution in [-0.4, -0.2) is 34.3 Å². The number of hydrogen-bond donors (Lipinski definition) is 0. The summed E-state index contributed by atoms with van der Waals surface area (Å²) in [5, 5.41) is 0. The number of likely N-dealkylation sites (tertiary alicyclic amines) is 1. The third-order valence-corrected chi connectivity index (χ3v) is 3.60. The van der Waals surface area contributed by atoms with E-state index in [2.05, 4.69) is 4.98 Å². The molecule has 2 rings (SSSR count). The standard InChI is InChI=1S/C13H17ClN2O/c14-10-12-4-2-1-3-9-16(12)13(17)11-5-7-15-8-6-11/h5-8,12H,1-4,9-10H2. The lowest BCUT2D eigenvalue weighted by Crippen LogP contribution is -2.41. The highest BCUT2D eigenvalue weighted by molar-refractivity contribution is 6.18. The van der Waals surface area contributed by atoms with Gasteiger partial charge in [-0.3, -0.25) is 9.78 Å². The van der Waals surface area contributed by atoms with Crippen molar-refractivity contribution in [2.45, 2.75) is 31.7 Å². The zero-order valence-electron chi connectivity index (χ0n) is 9.81. The second-order valence-corrected chi connectivity index (χ2v) is 4.70. The minimum atomic E-state index is 0.0833. The van der Waals surface area contributed by atoms with Gasteiger partial charge in [0.05, 0.1) is 0 Å². The van der Waals surface area contributed by atoms with Gasteiger partial charge in [-0.2, -0.15) is 0 Å². The predicted molar refractivity (Wildman–Crippen MR) is 68.2 cm³/mol. The number of carbonyl (C=O) groups is 1. The van der Waals surface area contributed by atoms with Gasteiger partial charge in [-0.05, 0) is 25.0 Å². The van der Waals surface area contributed by atoms with Gasteiger partial charge in [0, 0.05) is 36.4 Å². The van der Waals surface area contributed by atoms with Crippen molar-refractivity contribution >= 4 is 17.5 Å². The van der Waals surface area contributed by atoms with Gasteiger partial charge in [-0.1, -0.05) is 12.8 Å². The fourth-order valence-electron chi connectivity index (χ4n) is 2.27. The van der Waals surface area contributed by atoms with E-state index in [9.17, 15) is 4.79 Å². The molecule has 17 heavy (non-hydrogen) atoms. The van der Waals surface area contributed by atoms with Crippen LogP contribution in [0.15, 0.2) is 24.5 Å². The van der Waals surface area contributed by atoms with Crippen LogP contribution in [0.3, 0.4) is 0 Å². The monoisotopic (exact) mass is 252 g/mol. The summed E-state index contributed by atoms with van der Waals surface area (Å²) in [4.78, 5) is 18.2. The molecule has 1 amide bonds. The summed E-state index contributed by atoms with van der Waals surface area (Å²) in [6.07, 6.45) is 7.75. The maximum Gasteiger partial charge on any atom is 0.254 e. The van der Waals surface area contributed by atoms with Crippen molar-refractivity contribution in [3.63, 3.8) is 0 Å². The Labute approximate surface area is 107 Å². The van der Waals surface area contributed by atoms with Gasteiger partial charge < -0.3 is 4.90 Å². The van der Waals surface area contributed by atoms with Crippen molar-refractivity contribution in [1.82, 2.24) is 9.88 Å². The summed E-state index contributed by atoms with van der Waals surface area (Å²) in [7, 11) is 0. The molecule has 0 spiro atoms.